The van der Waals surface area contributed by atoms with E-state index in [1.165, 1.54) is 0 Å². The topological polar surface area (TPSA) is 77.5 Å². The minimum Gasteiger partial charge on any atom is -0.303 e. The molecule has 0 saturated heterocycles. The molecular formula is C12H22O5S. The Bertz CT molecular complexity index is 336. The number of aldehydes is 2. The lowest BCUT2D eigenvalue weighted by Crippen LogP contribution is -2.27. The largest absolute Gasteiger partial charge is 0.303 e. The SMILES string of the molecule is CCCCC(CC)COS(=O)(=O)C(C=O)CC=O. The van der Waals surface area contributed by atoms with Gasteiger partial charge in [0.1, 0.15) is 17.8 Å². The van der Waals surface area contributed by atoms with Gasteiger partial charge in [-0.3, -0.25) is 4.18 Å². The van der Waals surface area contributed by atoms with E-state index in [1.54, 1.807) is 0 Å². The second-order valence-electron chi connectivity index (χ2n) is 4.27. The molecule has 0 radical (unpaired) electrons. The summed E-state index contributed by atoms with van der Waals surface area (Å²) >= 11 is 0. The predicted molar refractivity (Wildman–Crippen MR) is 68.7 cm³/mol. The average Bonchev–Trinajstić information content (AvgIpc) is 2.36. The zero-order chi connectivity index (χ0) is 14.0. The van der Waals surface area contributed by atoms with E-state index in [2.05, 4.69) is 6.92 Å². The van der Waals surface area contributed by atoms with Gasteiger partial charge >= 0.3 is 0 Å². The lowest BCUT2D eigenvalue weighted by molar-refractivity contribution is -0.112. The van der Waals surface area contributed by atoms with Crippen LogP contribution in [0.3, 0.4) is 0 Å². The fourth-order valence-electron chi connectivity index (χ4n) is 1.51. The molecule has 106 valence electrons. The molecule has 0 fully saturated rings. The number of carbonyl (C=O) groups is 2. The van der Waals surface area contributed by atoms with Crippen LogP contribution in [0.5, 0.6) is 0 Å². The molecule has 0 aliphatic heterocycles. The van der Waals surface area contributed by atoms with Gasteiger partial charge in [0.25, 0.3) is 10.1 Å². The van der Waals surface area contributed by atoms with Crippen LogP contribution in [0.2, 0.25) is 0 Å². The van der Waals surface area contributed by atoms with Crippen LogP contribution in [0.1, 0.15) is 46.0 Å². The summed E-state index contributed by atoms with van der Waals surface area (Å²) in [7, 11) is -3.96. The third-order valence-electron chi connectivity index (χ3n) is 2.86. The van der Waals surface area contributed by atoms with Crippen LogP contribution in [0, 0.1) is 5.92 Å². The van der Waals surface area contributed by atoms with E-state index in [1.807, 2.05) is 6.92 Å². The van der Waals surface area contributed by atoms with E-state index < -0.39 is 15.4 Å². The quantitative estimate of drug-likeness (QED) is 0.424. The molecule has 6 heteroatoms. The first-order valence-corrected chi connectivity index (χ1v) is 7.76. The van der Waals surface area contributed by atoms with Crippen molar-refractivity contribution in [1.82, 2.24) is 0 Å². The first-order valence-electron chi connectivity index (χ1n) is 6.28. The van der Waals surface area contributed by atoms with Crippen molar-refractivity contribution in [3.8, 4) is 0 Å². The summed E-state index contributed by atoms with van der Waals surface area (Å²) in [6.45, 7) is 4.12. The monoisotopic (exact) mass is 278 g/mol. The highest BCUT2D eigenvalue weighted by molar-refractivity contribution is 7.88. The smallest absolute Gasteiger partial charge is 0.277 e. The molecule has 0 aliphatic rings. The van der Waals surface area contributed by atoms with E-state index in [9.17, 15) is 18.0 Å². The molecule has 2 atom stereocenters. The van der Waals surface area contributed by atoms with Crippen LogP contribution in [-0.4, -0.2) is 32.8 Å². The van der Waals surface area contributed by atoms with Crippen LogP contribution in [-0.2, 0) is 23.9 Å². The molecule has 0 N–H and O–H groups in total. The molecule has 0 aromatic rings. The van der Waals surface area contributed by atoms with Crippen molar-refractivity contribution in [3.63, 3.8) is 0 Å². The van der Waals surface area contributed by atoms with Gasteiger partial charge in [-0.05, 0) is 12.3 Å². The van der Waals surface area contributed by atoms with Crippen molar-refractivity contribution in [2.45, 2.75) is 51.2 Å². The summed E-state index contributed by atoms with van der Waals surface area (Å²) in [6.07, 6.45) is 4.11. The summed E-state index contributed by atoms with van der Waals surface area (Å²) in [5, 5.41) is -1.38. The number of unbranched alkanes of at least 4 members (excludes halogenated alkanes) is 1. The Morgan fingerprint density at radius 1 is 1.22 bits per heavy atom. The van der Waals surface area contributed by atoms with E-state index in [0.717, 1.165) is 25.7 Å². The van der Waals surface area contributed by atoms with Crippen LogP contribution in [0.25, 0.3) is 0 Å². The molecule has 2 unspecified atom stereocenters. The maximum Gasteiger partial charge on any atom is 0.277 e. The second kappa shape index (κ2) is 9.22. The van der Waals surface area contributed by atoms with E-state index in [0.29, 0.717) is 6.29 Å². The van der Waals surface area contributed by atoms with Gasteiger partial charge in [-0.15, -0.1) is 0 Å². The first kappa shape index (κ1) is 17.2. The molecule has 0 heterocycles. The van der Waals surface area contributed by atoms with Crippen LogP contribution >= 0.6 is 0 Å². The zero-order valence-electron chi connectivity index (χ0n) is 11.0. The third kappa shape index (κ3) is 6.26. The first-order chi connectivity index (χ1) is 8.51. The van der Waals surface area contributed by atoms with E-state index in [-0.39, 0.29) is 25.2 Å². The fourth-order valence-corrected chi connectivity index (χ4v) is 2.52. The highest BCUT2D eigenvalue weighted by atomic mass is 32.2. The molecule has 0 rings (SSSR count). The second-order valence-corrected chi connectivity index (χ2v) is 6.10. The molecule has 18 heavy (non-hydrogen) atoms. The maximum absolute atomic E-state index is 11.6. The van der Waals surface area contributed by atoms with E-state index in [4.69, 9.17) is 4.18 Å². The molecule has 0 amide bonds. The fraction of sp³-hybridized carbons (Fsp3) is 0.833. The van der Waals surface area contributed by atoms with Crippen molar-refractivity contribution < 1.29 is 22.2 Å². The third-order valence-corrected chi connectivity index (χ3v) is 4.37. The molecule has 0 saturated carbocycles. The summed E-state index contributed by atoms with van der Waals surface area (Å²) in [5.74, 6) is 0.170. The summed E-state index contributed by atoms with van der Waals surface area (Å²) < 4.78 is 28.1. The van der Waals surface area contributed by atoms with Gasteiger partial charge in [0, 0.05) is 6.42 Å². The Kier molecular flexibility index (Phi) is 8.83. The van der Waals surface area contributed by atoms with Crippen molar-refractivity contribution in [1.29, 1.82) is 0 Å². The zero-order valence-corrected chi connectivity index (χ0v) is 11.8. The van der Waals surface area contributed by atoms with Gasteiger partial charge < -0.3 is 9.59 Å². The Hall–Kier alpha value is -0.750. The van der Waals surface area contributed by atoms with Gasteiger partial charge in [0.2, 0.25) is 0 Å². The Morgan fingerprint density at radius 3 is 2.33 bits per heavy atom. The van der Waals surface area contributed by atoms with Crippen molar-refractivity contribution in [2.24, 2.45) is 5.92 Å². The summed E-state index contributed by atoms with van der Waals surface area (Å²) in [4.78, 5) is 20.9. The van der Waals surface area contributed by atoms with Crippen LogP contribution in [0.4, 0.5) is 0 Å². The van der Waals surface area contributed by atoms with Gasteiger partial charge in [0.05, 0.1) is 6.61 Å². The molecule has 0 bridgehead atoms. The van der Waals surface area contributed by atoms with Gasteiger partial charge in [-0.25, -0.2) is 0 Å². The Balaban J connectivity index is 4.38. The molecule has 0 aliphatic carbocycles. The van der Waals surface area contributed by atoms with Gasteiger partial charge in [-0.2, -0.15) is 8.42 Å². The average molecular weight is 278 g/mol. The molecular weight excluding hydrogens is 256 g/mol. The van der Waals surface area contributed by atoms with Crippen LogP contribution < -0.4 is 0 Å². The Morgan fingerprint density at radius 2 is 1.89 bits per heavy atom. The predicted octanol–water partition coefficient (Wildman–Crippen LogP) is 1.71. The Labute approximate surface area is 109 Å². The minimum atomic E-state index is -3.96. The summed E-state index contributed by atoms with van der Waals surface area (Å²) in [5.41, 5.74) is 0. The molecule has 0 aromatic carbocycles. The van der Waals surface area contributed by atoms with Gasteiger partial charge in [0.15, 0.2) is 0 Å². The van der Waals surface area contributed by atoms with Crippen LogP contribution in [0.15, 0.2) is 0 Å². The lowest BCUT2D eigenvalue weighted by atomic mass is 10.0. The van der Waals surface area contributed by atoms with Gasteiger partial charge in [-0.1, -0.05) is 33.1 Å². The number of carbonyl (C=O) groups excluding carboxylic acids is 2. The molecule has 5 nitrogen and oxygen atoms in total. The minimum absolute atomic E-state index is 0.0853. The number of hydrogen-bond acceptors (Lipinski definition) is 5. The standard InChI is InChI=1S/C12H22O5S/c1-3-5-6-11(4-2)10-17-18(15,16)12(9-14)7-8-13/h8-9,11-12H,3-7,10H2,1-2H3. The normalized spacial score (nSPS) is 15.0. The van der Waals surface area contributed by atoms with E-state index >= 15 is 0 Å². The number of hydrogen-bond donors (Lipinski definition) is 0. The molecule has 0 spiro atoms. The van der Waals surface area contributed by atoms with Crippen molar-refractivity contribution in [2.75, 3.05) is 6.61 Å². The number of rotatable bonds is 11. The maximum atomic E-state index is 11.6. The highest BCUT2D eigenvalue weighted by Gasteiger charge is 2.26. The van der Waals surface area contributed by atoms with Crippen molar-refractivity contribution in [3.05, 3.63) is 0 Å². The molecule has 0 aromatic heterocycles. The lowest BCUT2D eigenvalue weighted by Gasteiger charge is -2.16. The summed E-state index contributed by atoms with van der Waals surface area (Å²) in [6, 6.07) is 0. The van der Waals surface area contributed by atoms with Crippen molar-refractivity contribution >= 4 is 22.7 Å². The highest BCUT2D eigenvalue weighted by Crippen LogP contribution is 2.15.